The largest absolute Gasteiger partial charge is 0.469 e. The second-order valence-corrected chi connectivity index (χ2v) is 7.05. The van der Waals surface area contributed by atoms with Gasteiger partial charge < -0.3 is 9.79 Å². The van der Waals surface area contributed by atoms with Crippen molar-refractivity contribution in [3.8, 4) is 0 Å². The summed E-state index contributed by atoms with van der Waals surface area (Å²) in [6.45, 7) is 0. The van der Waals surface area contributed by atoms with Crippen molar-refractivity contribution in [2.24, 2.45) is 11.8 Å². The zero-order chi connectivity index (χ0) is 13.0. The van der Waals surface area contributed by atoms with E-state index in [1.807, 2.05) is 0 Å². The van der Waals surface area contributed by atoms with Gasteiger partial charge >= 0.3 is 7.82 Å². The van der Waals surface area contributed by atoms with Crippen LogP contribution in [-0.2, 0) is 9.09 Å². The number of hydrogen-bond acceptors (Lipinski definition) is 2. The third-order valence-electron chi connectivity index (χ3n) is 4.49. The van der Waals surface area contributed by atoms with E-state index in [-0.39, 0.29) is 6.10 Å². The Bertz CT molecular complexity index is 271. The standard InChI is InChI=1S/C13H25O4P/c14-18(15,16)17-13(11-7-3-1-4-8-11)12-9-5-2-6-10-12/h11-13H,1-10H2,(H2,14,15,16). The summed E-state index contributed by atoms with van der Waals surface area (Å²) in [6.07, 6.45) is 11.3. The van der Waals surface area contributed by atoms with Crippen LogP contribution < -0.4 is 0 Å². The maximum Gasteiger partial charge on any atom is 0.469 e. The lowest BCUT2D eigenvalue weighted by atomic mass is 9.75. The zero-order valence-corrected chi connectivity index (χ0v) is 11.9. The van der Waals surface area contributed by atoms with Gasteiger partial charge in [0.05, 0.1) is 6.10 Å². The van der Waals surface area contributed by atoms with Crippen LogP contribution in [0.2, 0.25) is 0 Å². The normalized spacial score (nSPS) is 24.6. The second kappa shape index (κ2) is 6.51. The molecule has 2 fully saturated rings. The molecule has 18 heavy (non-hydrogen) atoms. The summed E-state index contributed by atoms with van der Waals surface area (Å²) >= 11 is 0. The van der Waals surface area contributed by atoms with E-state index in [9.17, 15) is 4.57 Å². The Morgan fingerprint density at radius 2 is 1.22 bits per heavy atom. The van der Waals surface area contributed by atoms with Gasteiger partial charge in [-0.25, -0.2) is 4.57 Å². The quantitative estimate of drug-likeness (QED) is 0.769. The molecule has 4 nitrogen and oxygen atoms in total. The Balaban J connectivity index is 2.02. The molecule has 0 saturated heterocycles. The number of phosphoric acid groups is 1. The zero-order valence-electron chi connectivity index (χ0n) is 11.0. The molecule has 0 spiro atoms. The lowest BCUT2D eigenvalue weighted by Crippen LogP contribution is -2.34. The van der Waals surface area contributed by atoms with E-state index >= 15 is 0 Å². The van der Waals surface area contributed by atoms with E-state index in [0.717, 1.165) is 25.7 Å². The van der Waals surface area contributed by atoms with E-state index in [1.54, 1.807) is 0 Å². The lowest BCUT2D eigenvalue weighted by Gasteiger charge is -2.37. The molecule has 0 bridgehead atoms. The van der Waals surface area contributed by atoms with Crippen LogP contribution in [0.3, 0.4) is 0 Å². The van der Waals surface area contributed by atoms with Gasteiger partial charge in [0.25, 0.3) is 0 Å². The van der Waals surface area contributed by atoms with Gasteiger partial charge in [-0.2, -0.15) is 0 Å². The van der Waals surface area contributed by atoms with Crippen molar-refractivity contribution in [2.75, 3.05) is 0 Å². The van der Waals surface area contributed by atoms with Gasteiger partial charge in [-0.05, 0) is 37.5 Å². The maximum absolute atomic E-state index is 11.2. The first-order chi connectivity index (χ1) is 8.56. The molecule has 0 heterocycles. The van der Waals surface area contributed by atoms with Gasteiger partial charge in [0.15, 0.2) is 0 Å². The molecule has 2 N–H and O–H groups in total. The van der Waals surface area contributed by atoms with Crippen LogP contribution in [0.15, 0.2) is 0 Å². The minimum atomic E-state index is -4.36. The minimum Gasteiger partial charge on any atom is -0.303 e. The van der Waals surface area contributed by atoms with Crippen molar-refractivity contribution < 1.29 is 18.9 Å². The molecule has 0 aromatic heterocycles. The van der Waals surface area contributed by atoms with Crippen LogP contribution >= 0.6 is 7.82 Å². The molecule has 2 aliphatic rings. The van der Waals surface area contributed by atoms with E-state index in [2.05, 4.69) is 0 Å². The fourth-order valence-corrected chi connectivity index (χ4v) is 4.30. The molecule has 5 heteroatoms. The first-order valence-corrected chi connectivity index (χ1v) is 8.83. The summed E-state index contributed by atoms with van der Waals surface area (Å²) in [5.74, 6) is 0.712. The van der Waals surface area contributed by atoms with Gasteiger partial charge in [0.2, 0.25) is 0 Å². The van der Waals surface area contributed by atoms with Gasteiger partial charge in [-0.1, -0.05) is 38.5 Å². The highest BCUT2D eigenvalue weighted by atomic mass is 31.2. The Labute approximate surface area is 109 Å². The summed E-state index contributed by atoms with van der Waals surface area (Å²) in [5.41, 5.74) is 0. The molecule has 0 radical (unpaired) electrons. The molecule has 2 saturated carbocycles. The van der Waals surface area contributed by atoms with Gasteiger partial charge in [0, 0.05) is 0 Å². The molecule has 0 aliphatic heterocycles. The van der Waals surface area contributed by atoms with Crippen LogP contribution in [0.1, 0.15) is 64.2 Å². The molecular formula is C13H25O4P. The van der Waals surface area contributed by atoms with Crippen LogP contribution in [0, 0.1) is 11.8 Å². The van der Waals surface area contributed by atoms with Crippen LogP contribution in [0.25, 0.3) is 0 Å². The van der Waals surface area contributed by atoms with Gasteiger partial charge in [0.1, 0.15) is 0 Å². The Morgan fingerprint density at radius 1 is 0.833 bits per heavy atom. The monoisotopic (exact) mass is 276 g/mol. The fourth-order valence-electron chi connectivity index (χ4n) is 3.64. The molecule has 0 amide bonds. The first kappa shape index (κ1) is 14.5. The number of hydrogen-bond donors (Lipinski definition) is 2. The Hall–Kier alpha value is 0.110. The third-order valence-corrected chi connectivity index (χ3v) is 5.01. The second-order valence-electron chi connectivity index (χ2n) is 5.86. The Kier molecular flexibility index (Phi) is 5.25. The van der Waals surface area contributed by atoms with Crippen LogP contribution in [0.5, 0.6) is 0 Å². The predicted molar refractivity (Wildman–Crippen MR) is 70.1 cm³/mol. The van der Waals surface area contributed by atoms with E-state index in [0.29, 0.717) is 11.8 Å². The van der Waals surface area contributed by atoms with E-state index in [1.165, 1.54) is 38.5 Å². The van der Waals surface area contributed by atoms with Gasteiger partial charge in [-0.15, -0.1) is 0 Å². The highest BCUT2D eigenvalue weighted by Gasteiger charge is 2.36. The van der Waals surface area contributed by atoms with Crippen molar-refractivity contribution >= 4 is 7.82 Å². The molecule has 2 aliphatic carbocycles. The minimum absolute atomic E-state index is 0.216. The van der Waals surface area contributed by atoms with Gasteiger partial charge in [-0.3, -0.25) is 4.52 Å². The highest BCUT2D eigenvalue weighted by molar-refractivity contribution is 7.46. The smallest absolute Gasteiger partial charge is 0.303 e. The van der Waals surface area contributed by atoms with E-state index in [4.69, 9.17) is 14.3 Å². The summed E-state index contributed by atoms with van der Waals surface area (Å²) in [7, 11) is -4.36. The van der Waals surface area contributed by atoms with Crippen molar-refractivity contribution in [1.29, 1.82) is 0 Å². The van der Waals surface area contributed by atoms with Crippen LogP contribution in [0.4, 0.5) is 0 Å². The summed E-state index contributed by atoms with van der Waals surface area (Å²) in [6, 6.07) is 0. The predicted octanol–water partition coefficient (Wildman–Crippen LogP) is 3.62. The highest BCUT2D eigenvalue weighted by Crippen LogP contribution is 2.46. The Morgan fingerprint density at radius 3 is 1.56 bits per heavy atom. The lowest BCUT2D eigenvalue weighted by molar-refractivity contribution is 0.0157. The summed E-state index contributed by atoms with van der Waals surface area (Å²) in [5, 5.41) is 0. The molecule has 0 atom stereocenters. The average Bonchev–Trinajstić information content (AvgIpc) is 2.37. The third kappa shape index (κ3) is 4.34. The average molecular weight is 276 g/mol. The fraction of sp³-hybridized carbons (Fsp3) is 1.00. The van der Waals surface area contributed by atoms with Crippen molar-refractivity contribution in [2.45, 2.75) is 70.3 Å². The SMILES string of the molecule is O=P(O)(O)OC(C1CCCCC1)C1CCCCC1. The molecule has 0 aromatic carbocycles. The molecule has 0 aromatic rings. The molecule has 0 unspecified atom stereocenters. The molecular weight excluding hydrogens is 251 g/mol. The summed E-state index contributed by atoms with van der Waals surface area (Å²) in [4.78, 5) is 18.3. The summed E-state index contributed by atoms with van der Waals surface area (Å²) < 4.78 is 16.4. The van der Waals surface area contributed by atoms with E-state index < -0.39 is 7.82 Å². The number of phosphoric ester groups is 1. The van der Waals surface area contributed by atoms with Crippen LogP contribution in [-0.4, -0.2) is 15.9 Å². The molecule has 2 rings (SSSR count). The number of rotatable bonds is 4. The van der Waals surface area contributed by atoms with Crippen molar-refractivity contribution in [3.05, 3.63) is 0 Å². The first-order valence-electron chi connectivity index (χ1n) is 7.30. The van der Waals surface area contributed by atoms with Crippen molar-refractivity contribution in [1.82, 2.24) is 0 Å². The van der Waals surface area contributed by atoms with Crippen molar-refractivity contribution in [3.63, 3.8) is 0 Å². The molecule has 106 valence electrons. The topological polar surface area (TPSA) is 66.8 Å². The maximum atomic E-state index is 11.2.